The van der Waals surface area contributed by atoms with E-state index in [-0.39, 0.29) is 11.5 Å². The minimum atomic E-state index is 0.267. The van der Waals surface area contributed by atoms with Crippen molar-refractivity contribution in [2.45, 2.75) is 59.8 Å². The van der Waals surface area contributed by atoms with Gasteiger partial charge in [-0.1, -0.05) is 39.8 Å². The molecule has 0 aliphatic heterocycles. The highest BCUT2D eigenvalue weighted by Crippen LogP contribution is 2.20. The summed E-state index contributed by atoms with van der Waals surface area (Å²) in [6.07, 6.45) is 8.61. The van der Waals surface area contributed by atoms with Crippen LogP contribution in [0.5, 0.6) is 11.5 Å². The Morgan fingerprint density at radius 2 is 1.13 bits per heavy atom. The van der Waals surface area contributed by atoms with Gasteiger partial charge in [-0.25, -0.2) is 0 Å². The molecule has 0 heterocycles. The van der Waals surface area contributed by atoms with Gasteiger partial charge in [0.05, 0.1) is 0 Å². The molecule has 0 aliphatic carbocycles. The van der Waals surface area contributed by atoms with E-state index < -0.39 is 0 Å². The highest BCUT2D eigenvalue weighted by atomic mass is 16.3. The van der Waals surface area contributed by atoms with Crippen LogP contribution in [0.25, 0.3) is 0 Å². The second-order valence-corrected chi connectivity index (χ2v) is 9.08. The molecule has 0 spiro atoms. The molecular weight excluding hydrogens is 384 g/mol. The van der Waals surface area contributed by atoms with Crippen LogP contribution in [0.2, 0.25) is 0 Å². The Hall–Kier alpha value is -2.62. The summed E-state index contributed by atoms with van der Waals surface area (Å²) in [5.41, 5.74) is 4.00. The SMILES string of the molecule is CC(C)CCc1ccc(O)c(C=NCCCN=Cc2cc(CCC(C)C)ccc2O)c1. The number of hydrogen-bond acceptors (Lipinski definition) is 4. The molecule has 4 heteroatoms. The Kier molecular flexibility index (Phi) is 10.3. The maximum absolute atomic E-state index is 10.1. The lowest BCUT2D eigenvalue weighted by molar-refractivity contribution is 0.473. The summed E-state index contributed by atoms with van der Waals surface area (Å²) in [6, 6.07) is 11.5. The number of benzene rings is 2. The third-order valence-electron chi connectivity index (χ3n) is 5.24. The normalized spacial score (nSPS) is 12.1. The second-order valence-electron chi connectivity index (χ2n) is 9.08. The number of aryl methyl sites for hydroxylation is 2. The van der Waals surface area contributed by atoms with Crippen molar-refractivity contribution in [1.29, 1.82) is 0 Å². The van der Waals surface area contributed by atoms with E-state index in [4.69, 9.17) is 0 Å². The molecule has 0 unspecified atom stereocenters. The molecule has 2 aromatic carbocycles. The van der Waals surface area contributed by atoms with Crippen molar-refractivity contribution in [3.05, 3.63) is 58.7 Å². The first-order chi connectivity index (χ1) is 14.8. The minimum Gasteiger partial charge on any atom is -0.507 e. The maximum atomic E-state index is 10.1. The molecule has 2 aromatic rings. The van der Waals surface area contributed by atoms with Crippen molar-refractivity contribution in [3.63, 3.8) is 0 Å². The molecule has 0 bridgehead atoms. The molecule has 0 saturated carbocycles. The van der Waals surface area contributed by atoms with E-state index in [1.165, 1.54) is 11.1 Å². The Morgan fingerprint density at radius 1 is 0.710 bits per heavy atom. The van der Waals surface area contributed by atoms with Crippen LogP contribution in [0, 0.1) is 11.8 Å². The van der Waals surface area contributed by atoms with Gasteiger partial charge in [0.2, 0.25) is 0 Å². The van der Waals surface area contributed by atoms with Crippen LogP contribution in [-0.4, -0.2) is 35.7 Å². The van der Waals surface area contributed by atoms with Crippen molar-refractivity contribution < 1.29 is 10.2 Å². The summed E-state index contributed by atoms with van der Waals surface area (Å²) in [5, 5.41) is 20.1. The predicted octanol–water partition coefficient (Wildman–Crippen LogP) is 6.20. The van der Waals surface area contributed by atoms with Gasteiger partial charge in [0, 0.05) is 36.6 Å². The lowest BCUT2D eigenvalue weighted by atomic mass is 10.0. The summed E-state index contributed by atoms with van der Waals surface area (Å²) in [6.45, 7) is 10.2. The average molecular weight is 423 g/mol. The second kappa shape index (κ2) is 12.9. The van der Waals surface area contributed by atoms with Gasteiger partial charge in [0.1, 0.15) is 11.5 Å². The first kappa shape index (κ1) is 24.6. The topological polar surface area (TPSA) is 65.2 Å². The lowest BCUT2D eigenvalue weighted by Gasteiger charge is -2.07. The fourth-order valence-electron chi connectivity index (χ4n) is 3.22. The molecule has 0 aliphatic rings. The summed E-state index contributed by atoms with van der Waals surface area (Å²) in [5.74, 6) is 1.86. The Bertz CT molecular complexity index is 798. The fourth-order valence-corrected chi connectivity index (χ4v) is 3.22. The van der Waals surface area contributed by atoms with E-state index in [1.807, 2.05) is 24.3 Å². The lowest BCUT2D eigenvalue weighted by Crippen LogP contribution is -1.95. The van der Waals surface area contributed by atoms with Crippen LogP contribution >= 0.6 is 0 Å². The summed E-state index contributed by atoms with van der Waals surface area (Å²) in [4.78, 5) is 8.90. The zero-order chi connectivity index (χ0) is 22.6. The highest BCUT2D eigenvalue weighted by molar-refractivity contribution is 5.84. The number of nitrogens with zero attached hydrogens (tertiary/aromatic N) is 2. The van der Waals surface area contributed by atoms with Gasteiger partial charge >= 0.3 is 0 Å². The summed E-state index contributed by atoms with van der Waals surface area (Å²) in [7, 11) is 0. The van der Waals surface area contributed by atoms with Gasteiger partial charge in [-0.3, -0.25) is 9.98 Å². The van der Waals surface area contributed by atoms with Crippen LogP contribution in [0.15, 0.2) is 46.4 Å². The molecule has 2 rings (SSSR count). The smallest absolute Gasteiger partial charge is 0.124 e. The molecule has 0 aromatic heterocycles. The van der Waals surface area contributed by atoms with Crippen molar-refractivity contribution >= 4 is 12.4 Å². The van der Waals surface area contributed by atoms with Gasteiger partial charge in [-0.2, -0.15) is 0 Å². The van der Waals surface area contributed by atoms with E-state index in [2.05, 4.69) is 37.7 Å². The fraction of sp³-hybridized carbons (Fsp3) is 0.481. The average Bonchev–Trinajstić information content (AvgIpc) is 2.73. The first-order valence-electron chi connectivity index (χ1n) is 11.5. The highest BCUT2D eigenvalue weighted by Gasteiger charge is 2.03. The quantitative estimate of drug-likeness (QED) is 0.316. The van der Waals surface area contributed by atoms with Gasteiger partial charge in [-0.15, -0.1) is 0 Å². The van der Waals surface area contributed by atoms with E-state index >= 15 is 0 Å². The third-order valence-corrected chi connectivity index (χ3v) is 5.24. The zero-order valence-electron chi connectivity index (χ0n) is 19.5. The van der Waals surface area contributed by atoms with Gasteiger partial charge < -0.3 is 10.2 Å². The molecule has 168 valence electrons. The molecule has 31 heavy (non-hydrogen) atoms. The molecule has 0 fully saturated rings. The number of hydrogen-bond donors (Lipinski definition) is 2. The van der Waals surface area contributed by atoms with Crippen LogP contribution in [0.1, 0.15) is 69.2 Å². The summed E-state index contributed by atoms with van der Waals surface area (Å²) >= 11 is 0. The minimum absolute atomic E-state index is 0.267. The molecule has 0 atom stereocenters. The zero-order valence-corrected chi connectivity index (χ0v) is 19.5. The largest absolute Gasteiger partial charge is 0.507 e. The van der Waals surface area contributed by atoms with Crippen LogP contribution in [-0.2, 0) is 12.8 Å². The van der Waals surface area contributed by atoms with E-state index in [9.17, 15) is 10.2 Å². The Balaban J connectivity index is 1.81. The van der Waals surface area contributed by atoms with Crippen molar-refractivity contribution in [3.8, 4) is 11.5 Å². The number of phenolic OH excluding ortho intramolecular Hbond substituents is 2. The van der Waals surface area contributed by atoms with Crippen LogP contribution < -0.4 is 0 Å². The van der Waals surface area contributed by atoms with E-state index in [0.717, 1.165) is 43.2 Å². The monoisotopic (exact) mass is 422 g/mol. The number of aliphatic imine (C=N–C) groups is 2. The van der Waals surface area contributed by atoms with Gasteiger partial charge in [-0.05, 0) is 79.3 Å². The number of aromatic hydroxyl groups is 2. The molecule has 0 amide bonds. The maximum Gasteiger partial charge on any atom is 0.124 e. The van der Waals surface area contributed by atoms with Crippen molar-refractivity contribution in [2.24, 2.45) is 21.8 Å². The molecular formula is C27H38N2O2. The Morgan fingerprint density at radius 3 is 1.52 bits per heavy atom. The van der Waals surface area contributed by atoms with E-state index in [0.29, 0.717) is 24.9 Å². The number of rotatable bonds is 12. The molecule has 2 N–H and O–H groups in total. The third kappa shape index (κ3) is 9.37. The standard InChI is InChI=1S/C27H38N2O2/c1-20(2)6-8-22-10-12-26(30)24(16-22)18-28-14-5-15-29-19-25-17-23(9-7-21(3)4)11-13-27(25)31/h10-13,16-21,30-31H,5-9,14-15H2,1-4H3. The van der Waals surface area contributed by atoms with Crippen LogP contribution in [0.4, 0.5) is 0 Å². The van der Waals surface area contributed by atoms with Gasteiger partial charge in [0.15, 0.2) is 0 Å². The summed E-state index contributed by atoms with van der Waals surface area (Å²) < 4.78 is 0. The van der Waals surface area contributed by atoms with Gasteiger partial charge in [0.25, 0.3) is 0 Å². The van der Waals surface area contributed by atoms with Crippen molar-refractivity contribution in [1.82, 2.24) is 0 Å². The molecule has 0 saturated heterocycles. The number of phenols is 2. The molecule has 4 nitrogen and oxygen atoms in total. The first-order valence-corrected chi connectivity index (χ1v) is 11.5. The predicted molar refractivity (Wildman–Crippen MR) is 132 cm³/mol. The van der Waals surface area contributed by atoms with Crippen molar-refractivity contribution in [2.75, 3.05) is 13.1 Å². The molecule has 0 radical (unpaired) electrons. The Labute approximate surface area is 187 Å². The van der Waals surface area contributed by atoms with E-state index in [1.54, 1.807) is 24.6 Å². The van der Waals surface area contributed by atoms with Crippen LogP contribution in [0.3, 0.4) is 0 Å².